The van der Waals surface area contributed by atoms with E-state index in [0.717, 1.165) is 13.0 Å². The Morgan fingerprint density at radius 3 is 2.33 bits per heavy atom. The van der Waals surface area contributed by atoms with Gasteiger partial charge in [0, 0.05) is 19.6 Å². The van der Waals surface area contributed by atoms with Crippen LogP contribution in [0.4, 0.5) is 0 Å². The average Bonchev–Trinajstić information content (AvgIpc) is 2.43. The summed E-state index contributed by atoms with van der Waals surface area (Å²) in [6.07, 6.45) is 1.02. The lowest BCUT2D eigenvalue weighted by atomic mass is 10.0. The smallest absolute Gasteiger partial charge is 0.335 e. The zero-order valence-electron chi connectivity index (χ0n) is 13.0. The zero-order chi connectivity index (χ0) is 15.8. The molecule has 0 bridgehead atoms. The Morgan fingerprint density at radius 1 is 1.10 bits per heavy atom. The molecular formula is C16H24N2O3. The highest BCUT2D eigenvalue weighted by atomic mass is 16.4. The summed E-state index contributed by atoms with van der Waals surface area (Å²) < 4.78 is 0. The molecule has 0 aliphatic rings. The normalized spacial score (nSPS) is 10.7. The minimum Gasteiger partial charge on any atom is -0.478 e. The summed E-state index contributed by atoms with van der Waals surface area (Å²) in [5.74, 6) is -1.01. The van der Waals surface area contributed by atoms with Crippen molar-refractivity contribution in [3.05, 3.63) is 35.4 Å². The minimum absolute atomic E-state index is 0.0209. The van der Waals surface area contributed by atoms with E-state index in [2.05, 4.69) is 0 Å². The van der Waals surface area contributed by atoms with Crippen LogP contribution in [-0.2, 0) is 11.2 Å². The molecular weight excluding hydrogens is 268 g/mol. The van der Waals surface area contributed by atoms with Gasteiger partial charge in [0.05, 0.1) is 12.0 Å². The topological polar surface area (TPSA) is 60.9 Å². The molecule has 5 nitrogen and oxygen atoms in total. The predicted molar refractivity (Wildman–Crippen MR) is 82.5 cm³/mol. The van der Waals surface area contributed by atoms with Gasteiger partial charge in [0.1, 0.15) is 0 Å². The largest absolute Gasteiger partial charge is 0.478 e. The van der Waals surface area contributed by atoms with E-state index < -0.39 is 5.97 Å². The van der Waals surface area contributed by atoms with Crippen LogP contribution in [0, 0.1) is 0 Å². The first-order valence-corrected chi connectivity index (χ1v) is 7.19. The number of carbonyl (C=O) groups excluding carboxylic acids is 1. The molecule has 1 amide bonds. The van der Waals surface area contributed by atoms with Crippen molar-refractivity contribution < 1.29 is 14.7 Å². The van der Waals surface area contributed by atoms with Gasteiger partial charge in [0.15, 0.2) is 0 Å². The predicted octanol–water partition coefficient (Wildman–Crippen LogP) is 1.73. The molecule has 0 unspecified atom stereocenters. The molecule has 0 aromatic heterocycles. The molecule has 0 radical (unpaired) electrons. The van der Waals surface area contributed by atoms with Crippen LogP contribution in [0.5, 0.6) is 0 Å². The summed E-state index contributed by atoms with van der Waals surface area (Å²) in [5, 5.41) is 9.17. The van der Waals surface area contributed by atoms with Crippen molar-refractivity contribution in [1.29, 1.82) is 0 Å². The van der Waals surface area contributed by atoms with Crippen molar-refractivity contribution in [2.45, 2.75) is 19.8 Å². The van der Waals surface area contributed by atoms with E-state index in [9.17, 15) is 9.59 Å². The van der Waals surface area contributed by atoms with Gasteiger partial charge >= 0.3 is 5.97 Å². The number of aromatic carboxylic acids is 1. The number of hydrogen-bond donors (Lipinski definition) is 1. The van der Waals surface area contributed by atoms with Crippen LogP contribution in [0.25, 0.3) is 0 Å². The Labute approximate surface area is 126 Å². The molecule has 21 heavy (non-hydrogen) atoms. The highest BCUT2D eigenvalue weighted by Crippen LogP contribution is 2.11. The van der Waals surface area contributed by atoms with Gasteiger partial charge in [0.25, 0.3) is 0 Å². The molecule has 1 aromatic carbocycles. The van der Waals surface area contributed by atoms with E-state index in [1.54, 1.807) is 23.1 Å². The maximum atomic E-state index is 12.4. The van der Waals surface area contributed by atoms with Crippen molar-refractivity contribution in [1.82, 2.24) is 9.80 Å². The molecule has 0 atom stereocenters. The van der Waals surface area contributed by atoms with E-state index in [-0.39, 0.29) is 17.9 Å². The van der Waals surface area contributed by atoms with Crippen molar-refractivity contribution in [2.75, 3.05) is 33.7 Å². The molecule has 1 rings (SSSR count). The van der Waals surface area contributed by atoms with Gasteiger partial charge in [-0.2, -0.15) is 0 Å². The van der Waals surface area contributed by atoms with Gasteiger partial charge in [0.2, 0.25) is 5.91 Å². The lowest BCUT2D eigenvalue weighted by Crippen LogP contribution is -2.38. The number of benzene rings is 1. The number of carboxylic acid groups (broad SMARTS) is 1. The second-order valence-corrected chi connectivity index (χ2v) is 5.32. The fraction of sp³-hybridized carbons (Fsp3) is 0.500. The molecule has 0 heterocycles. The van der Waals surface area contributed by atoms with E-state index in [1.807, 2.05) is 25.9 Å². The SMILES string of the molecule is CCCN(CCN(C)C)C(=O)Cc1ccccc1C(=O)O. The number of likely N-dealkylation sites (N-methyl/N-ethyl adjacent to an activating group) is 1. The summed E-state index contributed by atoms with van der Waals surface area (Å²) in [7, 11) is 3.93. The van der Waals surface area contributed by atoms with Crippen LogP contribution in [-0.4, -0.2) is 60.5 Å². The van der Waals surface area contributed by atoms with Crippen molar-refractivity contribution in [3.8, 4) is 0 Å². The number of rotatable bonds is 8. The Hall–Kier alpha value is -1.88. The quantitative estimate of drug-likeness (QED) is 0.792. The van der Waals surface area contributed by atoms with Crippen molar-refractivity contribution in [2.24, 2.45) is 0 Å². The average molecular weight is 292 g/mol. The van der Waals surface area contributed by atoms with E-state index in [4.69, 9.17) is 5.11 Å². The molecule has 1 N–H and O–H groups in total. The number of amides is 1. The third-order valence-corrected chi connectivity index (χ3v) is 3.25. The third-order valence-electron chi connectivity index (χ3n) is 3.25. The molecule has 5 heteroatoms. The summed E-state index contributed by atoms with van der Waals surface area (Å²) in [6, 6.07) is 6.68. The maximum Gasteiger partial charge on any atom is 0.335 e. The Morgan fingerprint density at radius 2 is 1.76 bits per heavy atom. The monoisotopic (exact) mass is 292 g/mol. The van der Waals surface area contributed by atoms with E-state index >= 15 is 0 Å². The van der Waals surface area contributed by atoms with Crippen LogP contribution in [0.1, 0.15) is 29.3 Å². The summed E-state index contributed by atoms with van der Waals surface area (Å²) in [6.45, 7) is 4.18. The van der Waals surface area contributed by atoms with E-state index in [1.165, 1.54) is 6.07 Å². The van der Waals surface area contributed by atoms with Crippen LogP contribution < -0.4 is 0 Å². The lowest BCUT2D eigenvalue weighted by molar-refractivity contribution is -0.130. The Kier molecular flexibility index (Phi) is 6.88. The van der Waals surface area contributed by atoms with Gasteiger partial charge < -0.3 is 14.9 Å². The first-order valence-electron chi connectivity index (χ1n) is 7.19. The lowest BCUT2D eigenvalue weighted by Gasteiger charge is -2.24. The Bertz CT molecular complexity index is 486. The summed E-state index contributed by atoms with van der Waals surface area (Å²) in [4.78, 5) is 27.4. The van der Waals surface area contributed by atoms with Crippen molar-refractivity contribution in [3.63, 3.8) is 0 Å². The van der Waals surface area contributed by atoms with Crippen LogP contribution in [0.2, 0.25) is 0 Å². The highest BCUT2D eigenvalue weighted by molar-refractivity contribution is 5.91. The first kappa shape index (κ1) is 17.2. The zero-order valence-corrected chi connectivity index (χ0v) is 13.0. The van der Waals surface area contributed by atoms with Crippen LogP contribution >= 0.6 is 0 Å². The summed E-state index contributed by atoms with van der Waals surface area (Å²) in [5.41, 5.74) is 0.774. The molecule has 0 aliphatic carbocycles. The number of carbonyl (C=O) groups is 2. The fourth-order valence-electron chi connectivity index (χ4n) is 2.11. The van der Waals surface area contributed by atoms with Gasteiger partial charge in [-0.15, -0.1) is 0 Å². The standard InChI is InChI=1S/C16H24N2O3/c1-4-9-18(11-10-17(2)3)15(19)12-13-7-5-6-8-14(13)16(20)21/h5-8H,4,9-12H2,1-3H3,(H,20,21). The highest BCUT2D eigenvalue weighted by Gasteiger charge is 2.17. The van der Waals surface area contributed by atoms with E-state index in [0.29, 0.717) is 18.7 Å². The minimum atomic E-state index is -0.992. The van der Waals surface area contributed by atoms with Crippen LogP contribution in [0.15, 0.2) is 24.3 Å². The molecule has 0 aliphatic heterocycles. The van der Waals surface area contributed by atoms with Gasteiger partial charge in [-0.3, -0.25) is 4.79 Å². The molecule has 116 valence electrons. The second-order valence-electron chi connectivity index (χ2n) is 5.32. The number of carboxylic acids is 1. The molecule has 0 saturated carbocycles. The van der Waals surface area contributed by atoms with Crippen molar-refractivity contribution >= 4 is 11.9 Å². The number of hydrogen-bond acceptors (Lipinski definition) is 3. The molecule has 0 spiro atoms. The van der Waals surface area contributed by atoms with Crippen LogP contribution in [0.3, 0.4) is 0 Å². The van der Waals surface area contributed by atoms with Gasteiger partial charge in [-0.25, -0.2) is 4.79 Å². The Balaban J connectivity index is 2.79. The fourth-order valence-corrected chi connectivity index (χ4v) is 2.11. The molecule has 0 saturated heterocycles. The van der Waals surface area contributed by atoms with Gasteiger partial charge in [-0.05, 0) is 32.1 Å². The summed E-state index contributed by atoms with van der Waals surface area (Å²) >= 11 is 0. The second kappa shape index (κ2) is 8.42. The number of nitrogens with zero attached hydrogens (tertiary/aromatic N) is 2. The molecule has 0 fully saturated rings. The molecule has 1 aromatic rings. The maximum absolute atomic E-state index is 12.4. The third kappa shape index (κ3) is 5.55. The first-order chi connectivity index (χ1) is 9.95. The van der Waals surface area contributed by atoms with Gasteiger partial charge in [-0.1, -0.05) is 25.1 Å².